The van der Waals surface area contributed by atoms with E-state index in [0.29, 0.717) is 17.0 Å². The Kier molecular flexibility index (Phi) is 4.62. The summed E-state index contributed by atoms with van der Waals surface area (Å²) >= 11 is 13.4. The molecule has 5 heteroatoms. The van der Waals surface area contributed by atoms with Crippen molar-refractivity contribution < 1.29 is 4.39 Å². The Labute approximate surface area is 120 Å². The van der Waals surface area contributed by atoms with Crippen LogP contribution in [-0.2, 0) is 6.42 Å². The maximum Gasteiger partial charge on any atom is 0.145 e. The number of likely N-dealkylation sites (N-methyl/N-ethyl adjacent to an activating group) is 1. The SMILES string of the molecule is CNC(Cc1cccc(Cl)c1F)c1sccc1Cl. The maximum atomic E-state index is 13.9. The Balaban J connectivity index is 2.26. The van der Waals surface area contributed by atoms with E-state index in [0.717, 1.165) is 4.88 Å². The van der Waals surface area contributed by atoms with Crippen LogP contribution >= 0.6 is 34.5 Å². The zero-order valence-corrected chi connectivity index (χ0v) is 12.0. The van der Waals surface area contributed by atoms with Crippen LogP contribution < -0.4 is 5.32 Å². The highest BCUT2D eigenvalue weighted by molar-refractivity contribution is 7.10. The van der Waals surface area contributed by atoms with Gasteiger partial charge in [-0.2, -0.15) is 0 Å². The van der Waals surface area contributed by atoms with E-state index in [2.05, 4.69) is 5.32 Å². The average Bonchev–Trinajstić information content (AvgIpc) is 2.77. The monoisotopic (exact) mass is 303 g/mol. The second-order valence-corrected chi connectivity index (χ2v) is 5.65. The van der Waals surface area contributed by atoms with Crippen LogP contribution in [0.3, 0.4) is 0 Å². The summed E-state index contributed by atoms with van der Waals surface area (Å²) in [4.78, 5) is 1.01. The Morgan fingerprint density at radius 3 is 2.67 bits per heavy atom. The van der Waals surface area contributed by atoms with Crippen LogP contribution in [0.5, 0.6) is 0 Å². The van der Waals surface area contributed by atoms with Gasteiger partial charge >= 0.3 is 0 Å². The van der Waals surface area contributed by atoms with Crippen LogP contribution in [0.15, 0.2) is 29.6 Å². The molecule has 0 spiro atoms. The molecule has 0 aliphatic rings. The van der Waals surface area contributed by atoms with E-state index in [1.807, 2.05) is 18.5 Å². The molecule has 0 amide bonds. The molecule has 96 valence electrons. The van der Waals surface area contributed by atoms with E-state index in [-0.39, 0.29) is 16.9 Å². The lowest BCUT2D eigenvalue weighted by Gasteiger charge is -2.16. The molecule has 18 heavy (non-hydrogen) atoms. The van der Waals surface area contributed by atoms with Gasteiger partial charge in [0.15, 0.2) is 0 Å². The summed E-state index contributed by atoms with van der Waals surface area (Å²) in [7, 11) is 1.84. The normalized spacial score (nSPS) is 12.7. The van der Waals surface area contributed by atoms with Gasteiger partial charge in [0, 0.05) is 10.9 Å². The fraction of sp³-hybridized carbons (Fsp3) is 0.231. The molecule has 2 rings (SSSR count). The first-order valence-electron chi connectivity index (χ1n) is 5.46. The third-order valence-corrected chi connectivity index (χ3v) is 4.53. The highest BCUT2D eigenvalue weighted by atomic mass is 35.5. The standard InChI is InChI=1S/C13H12Cl2FNS/c1-17-11(13-10(15)5-6-18-13)7-8-3-2-4-9(14)12(8)16/h2-6,11,17H,7H2,1H3. The molecule has 1 nitrogen and oxygen atoms in total. The van der Waals surface area contributed by atoms with Crippen LogP contribution in [0, 0.1) is 5.82 Å². The molecule has 1 atom stereocenters. The van der Waals surface area contributed by atoms with E-state index in [4.69, 9.17) is 23.2 Å². The molecule has 0 saturated heterocycles. The Morgan fingerprint density at radius 2 is 2.06 bits per heavy atom. The van der Waals surface area contributed by atoms with Crippen molar-refractivity contribution in [1.82, 2.24) is 5.32 Å². The summed E-state index contributed by atoms with van der Waals surface area (Å²) < 4.78 is 13.9. The van der Waals surface area contributed by atoms with Crippen molar-refractivity contribution in [2.75, 3.05) is 7.05 Å². The van der Waals surface area contributed by atoms with Gasteiger partial charge in [-0.3, -0.25) is 0 Å². The van der Waals surface area contributed by atoms with E-state index >= 15 is 0 Å². The molecule has 0 saturated carbocycles. The number of rotatable bonds is 4. The summed E-state index contributed by atoms with van der Waals surface area (Å²) in [5, 5.41) is 5.95. The minimum absolute atomic E-state index is 0.00883. The molecule has 1 N–H and O–H groups in total. The van der Waals surface area contributed by atoms with Crippen LogP contribution in [0.25, 0.3) is 0 Å². The van der Waals surface area contributed by atoms with Gasteiger partial charge in [0.1, 0.15) is 5.82 Å². The second-order valence-electron chi connectivity index (χ2n) is 3.89. The summed E-state index contributed by atoms with van der Waals surface area (Å²) in [6.45, 7) is 0. The zero-order chi connectivity index (χ0) is 13.1. The summed E-state index contributed by atoms with van der Waals surface area (Å²) in [6, 6.07) is 6.88. The minimum atomic E-state index is -0.355. The first-order valence-corrected chi connectivity index (χ1v) is 7.10. The molecular formula is C13H12Cl2FNS. The number of nitrogens with one attached hydrogen (secondary N) is 1. The van der Waals surface area contributed by atoms with E-state index in [1.165, 1.54) is 0 Å². The summed E-state index contributed by atoms with van der Waals surface area (Å²) in [6.07, 6.45) is 0.517. The largest absolute Gasteiger partial charge is 0.312 e. The van der Waals surface area contributed by atoms with Crippen molar-refractivity contribution in [2.24, 2.45) is 0 Å². The van der Waals surface area contributed by atoms with Crippen molar-refractivity contribution in [3.05, 3.63) is 55.9 Å². The maximum absolute atomic E-state index is 13.9. The van der Waals surface area contributed by atoms with Gasteiger partial charge in [0.25, 0.3) is 0 Å². The van der Waals surface area contributed by atoms with Crippen molar-refractivity contribution >= 4 is 34.5 Å². The topological polar surface area (TPSA) is 12.0 Å². The van der Waals surface area contributed by atoms with Gasteiger partial charge in [0.2, 0.25) is 0 Å². The molecule has 0 bridgehead atoms. The van der Waals surface area contributed by atoms with Gasteiger partial charge in [-0.25, -0.2) is 4.39 Å². The lowest BCUT2D eigenvalue weighted by molar-refractivity contribution is 0.560. The fourth-order valence-electron chi connectivity index (χ4n) is 1.81. The van der Waals surface area contributed by atoms with E-state index in [9.17, 15) is 4.39 Å². The van der Waals surface area contributed by atoms with Crippen LogP contribution in [0.4, 0.5) is 4.39 Å². The van der Waals surface area contributed by atoms with Crippen molar-refractivity contribution in [2.45, 2.75) is 12.5 Å². The van der Waals surface area contributed by atoms with Gasteiger partial charge < -0.3 is 5.32 Å². The fourth-order valence-corrected chi connectivity index (χ4v) is 3.30. The number of benzene rings is 1. The summed E-state index contributed by atoms with van der Waals surface area (Å²) in [5.74, 6) is -0.355. The van der Waals surface area contributed by atoms with Crippen LogP contribution in [0.2, 0.25) is 10.0 Å². The zero-order valence-electron chi connectivity index (χ0n) is 9.71. The summed E-state index contributed by atoms with van der Waals surface area (Å²) in [5.41, 5.74) is 0.589. The van der Waals surface area contributed by atoms with Gasteiger partial charge in [-0.1, -0.05) is 35.3 Å². The minimum Gasteiger partial charge on any atom is -0.312 e. The Bertz CT molecular complexity index is 542. The Hall–Kier alpha value is -0.610. The quantitative estimate of drug-likeness (QED) is 0.863. The van der Waals surface area contributed by atoms with Crippen molar-refractivity contribution in [3.8, 4) is 0 Å². The third kappa shape index (κ3) is 2.86. The molecule has 1 aromatic heterocycles. The van der Waals surface area contributed by atoms with Crippen molar-refractivity contribution in [1.29, 1.82) is 0 Å². The first-order chi connectivity index (χ1) is 8.63. The first kappa shape index (κ1) is 13.8. The second kappa shape index (κ2) is 6.02. The number of hydrogen-bond donors (Lipinski definition) is 1. The number of hydrogen-bond acceptors (Lipinski definition) is 2. The average molecular weight is 304 g/mol. The lowest BCUT2D eigenvalue weighted by atomic mass is 10.0. The highest BCUT2D eigenvalue weighted by Crippen LogP contribution is 2.31. The molecule has 0 radical (unpaired) electrons. The predicted octanol–water partition coefficient (Wildman–Crippen LogP) is 4.70. The van der Waals surface area contributed by atoms with Crippen LogP contribution in [0.1, 0.15) is 16.5 Å². The molecule has 0 aliphatic carbocycles. The lowest BCUT2D eigenvalue weighted by Crippen LogP contribution is -2.18. The van der Waals surface area contributed by atoms with Crippen LogP contribution in [-0.4, -0.2) is 7.05 Å². The molecule has 2 aromatic rings. The number of halogens is 3. The van der Waals surface area contributed by atoms with E-state index < -0.39 is 0 Å². The third-order valence-electron chi connectivity index (χ3n) is 2.77. The predicted molar refractivity (Wildman–Crippen MR) is 76.2 cm³/mol. The molecule has 0 aliphatic heterocycles. The van der Waals surface area contributed by atoms with Gasteiger partial charge in [0.05, 0.1) is 10.0 Å². The molecular weight excluding hydrogens is 292 g/mol. The highest BCUT2D eigenvalue weighted by Gasteiger charge is 2.17. The smallest absolute Gasteiger partial charge is 0.145 e. The Morgan fingerprint density at radius 1 is 1.28 bits per heavy atom. The molecule has 1 heterocycles. The molecule has 0 fully saturated rings. The van der Waals surface area contributed by atoms with Gasteiger partial charge in [-0.15, -0.1) is 11.3 Å². The molecule has 1 unspecified atom stereocenters. The van der Waals surface area contributed by atoms with E-state index in [1.54, 1.807) is 29.5 Å². The number of thiophene rings is 1. The molecule has 1 aromatic carbocycles. The van der Waals surface area contributed by atoms with Gasteiger partial charge in [-0.05, 0) is 36.5 Å². The van der Waals surface area contributed by atoms with Crippen molar-refractivity contribution in [3.63, 3.8) is 0 Å².